The molecule has 0 radical (unpaired) electrons. The van der Waals surface area contributed by atoms with Crippen molar-refractivity contribution in [1.29, 1.82) is 0 Å². The van der Waals surface area contributed by atoms with Gasteiger partial charge in [0.1, 0.15) is 0 Å². The summed E-state index contributed by atoms with van der Waals surface area (Å²) < 4.78 is 22.1. The molecule has 0 aliphatic rings. The molecule has 0 bridgehead atoms. The summed E-state index contributed by atoms with van der Waals surface area (Å²) in [7, 11) is -4.35. The van der Waals surface area contributed by atoms with Gasteiger partial charge < -0.3 is 21.1 Å². The third-order valence-corrected chi connectivity index (χ3v) is 10.6. The topological polar surface area (TPSA) is 131 Å². The lowest BCUT2D eigenvalue weighted by Crippen LogP contribution is -2.45. The van der Waals surface area contributed by atoms with Crippen LogP contribution in [0.15, 0.2) is 48.6 Å². The fraction of sp³-hybridized carbons (Fsp3) is 0.800. The molecule has 0 aromatic carbocycles. The first kappa shape index (κ1) is 52.5. The van der Waals surface area contributed by atoms with Gasteiger partial charge in [-0.3, -0.25) is 13.8 Å². The fourth-order valence-electron chi connectivity index (χ4n) is 6.22. The number of nitrogens with one attached hydrogen (secondary N) is 1. The molecule has 8 nitrogen and oxygen atoms in total. The standard InChI is InChI=1S/C45H85N2O6P/c1-3-5-7-9-11-13-15-17-19-20-21-22-23-24-25-26-28-30-32-34-36-38-44(48)43(42-53-54(50,51)52-41-40-46)47-45(49)39-37-35-33-31-29-27-18-16-14-12-10-8-6-4-2/h16,18,23-24,28,30,36,38,43-44,48H,3-15,17,19-22,25-27,29,31-35,37,39-42,46H2,1-2H3,(H,47,49)(H,50,51)/b18-16-,24-23+,30-28+,38-36+. The van der Waals surface area contributed by atoms with Gasteiger partial charge >= 0.3 is 7.82 Å². The normalized spacial score (nSPS) is 14.5. The van der Waals surface area contributed by atoms with E-state index in [4.69, 9.17) is 14.8 Å². The van der Waals surface area contributed by atoms with E-state index in [1.807, 2.05) is 6.08 Å². The molecule has 5 N–H and O–H groups in total. The number of amides is 1. The van der Waals surface area contributed by atoms with E-state index < -0.39 is 20.0 Å². The van der Waals surface area contributed by atoms with Crippen LogP contribution >= 0.6 is 7.82 Å². The summed E-state index contributed by atoms with van der Waals surface area (Å²) in [6.07, 6.45) is 50.2. The fourth-order valence-corrected chi connectivity index (χ4v) is 6.98. The summed E-state index contributed by atoms with van der Waals surface area (Å²) in [6, 6.07) is -0.887. The van der Waals surface area contributed by atoms with Gasteiger partial charge in [-0.15, -0.1) is 0 Å². The van der Waals surface area contributed by atoms with Crippen LogP contribution in [0.3, 0.4) is 0 Å². The van der Waals surface area contributed by atoms with Crippen molar-refractivity contribution in [1.82, 2.24) is 5.32 Å². The van der Waals surface area contributed by atoms with Crippen LogP contribution in [0.4, 0.5) is 0 Å². The van der Waals surface area contributed by atoms with Crippen molar-refractivity contribution in [3.8, 4) is 0 Å². The highest BCUT2D eigenvalue weighted by atomic mass is 31.2. The lowest BCUT2D eigenvalue weighted by atomic mass is 10.1. The number of hydrogen-bond acceptors (Lipinski definition) is 6. The molecule has 3 atom stereocenters. The van der Waals surface area contributed by atoms with Crippen molar-refractivity contribution in [3.05, 3.63) is 48.6 Å². The van der Waals surface area contributed by atoms with Crippen LogP contribution in [0, 0.1) is 0 Å². The van der Waals surface area contributed by atoms with Crippen molar-refractivity contribution >= 4 is 13.7 Å². The lowest BCUT2D eigenvalue weighted by Gasteiger charge is -2.23. The number of carbonyl (C=O) groups excluding carboxylic acids is 1. The predicted octanol–water partition coefficient (Wildman–Crippen LogP) is 12.5. The molecule has 0 fully saturated rings. The molecule has 54 heavy (non-hydrogen) atoms. The van der Waals surface area contributed by atoms with Crippen molar-refractivity contribution in [3.63, 3.8) is 0 Å². The van der Waals surface area contributed by atoms with E-state index in [9.17, 15) is 19.4 Å². The van der Waals surface area contributed by atoms with Gasteiger partial charge in [0.15, 0.2) is 0 Å². The third-order valence-electron chi connectivity index (χ3n) is 9.60. The molecule has 0 saturated carbocycles. The molecule has 0 aliphatic heterocycles. The first-order valence-electron chi connectivity index (χ1n) is 22.3. The van der Waals surface area contributed by atoms with Gasteiger partial charge in [-0.05, 0) is 70.6 Å². The minimum absolute atomic E-state index is 0.0694. The minimum Gasteiger partial charge on any atom is -0.387 e. The molecule has 0 aromatic rings. The van der Waals surface area contributed by atoms with Gasteiger partial charge in [-0.1, -0.05) is 172 Å². The van der Waals surface area contributed by atoms with Gasteiger partial charge in [0.25, 0.3) is 0 Å². The maximum absolute atomic E-state index is 12.7. The monoisotopic (exact) mass is 781 g/mol. The Morgan fingerprint density at radius 2 is 0.981 bits per heavy atom. The molecule has 0 heterocycles. The summed E-state index contributed by atoms with van der Waals surface area (Å²) in [4.78, 5) is 22.7. The maximum Gasteiger partial charge on any atom is 0.472 e. The molecule has 316 valence electrons. The van der Waals surface area contributed by atoms with Crippen molar-refractivity contribution < 1.29 is 28.4 Å². The van der Waals surface area contributed by atoms with Gasteiger partial charge in [0, 0.05) is 13.0 Å². The quantitative estimate of drug-likeness (QED) is 0.0276. The number of rotatable bonds is 41. The van der Waals surface area contributed by atoms with Crippen molar-refractivity contribution in [2.45, 2.75) is 212 Å². The van der Waals surface area contributed by atoms with Crippen LogP contribution in [0.1, 0.15) is 200 Å². The van der Waals surface area contributed by atoms with Gasteiger partial charge in [0.2, 0.25) is 5.91 Å². The van der Waals surface area contributed by atoms with E-state index >= 15 is 0 Å². The largest absolute Gasteiger partial charge is 0.472 e. The SMILES string of the molecule is CCCCCCC/C=C\CCCCCCCC(=O)NC(COP(=O)(O)OCCN)C(O)/C=C/CC/C=C/CC/C=C/CCCCCCCCCCCCC. The molecule has 3 unspecified atom stereocenters. The molecule has 0 aromatic heterocycles. The highest BCUT2D eigenvalue weighted by Crippen LogP contribution is 2.43. The Kier molecular flexibility index (Phi) is 39.9. The lowest BCUT2D eigenvalue weighted by molar-refractivity contribution is -0.123. The van der Waals surface area contributed by atoms with E-state index in [0.29, 0.717) is 6.42 Å². The van der Waals surface area contributed by atoms with Crippen LogP contribution in [-0.2, 0) is 18.4 Å². The molecular weight excluding hydrogens is 695 g/mol. The average molecular weight is 781 g/mol. The maximum atomic E-state index is 12.7. The molecule has 9 heteroatoms. The van der Waals surface area contributed by atoms with E-state index in [1.54, 1.807) is 6.08 Å². The number of allylic oxidation sites excluding steroid dienone is 7. The number of carbonyl (C=O) groups is 1. The number of aliphatic hydroxyl groups excluding tert-OH is 1. The van der Waals surface area contributed by atoms with E-state index in [-0.39, 0.29) is 25.7 Å². The van der Waals surface area contributed by atoms with Gasteiger partial charge in [-0.2, -0.15) is 0 Å². The highest BCUT2D eigenvalue weighted by molar-refractivity contribution is 7.47. The Bertz CT molecular complexity index is 985. The average Bonchev–Trinajstić information content (AvgIpc) is 3.16. The first-order chi connectivity index (χ1) is 26.4. The van der Waals surface area contributed by atoms with Crippen LogP contribution in [0.2, 0.25) is 0 Å². The van der Waals surface area contributed by atoms with E-state index in [0.717, 1.165) is 64.2 Å². The van der Waals surface area contributed by atoms with Crippen LogP contribution in [0.25, 0.3) is 0 Å². The molecule has 0 spiro atoms. The molecule has 0 saturated heterocycles. The number of nitrogens with two attached hydrogens (primary N) is 1. The van der Waals surface area contributed by atoms with Crippen LogP contribution in [-0.4, -0.2) is 47.8 Å². The Balaban J connectivity index is 4.29. The summed E-state index contributed by atoms with van der Waals surface area (Å²) >= 11 is 0. The second-order valence-corrected chi connectivity index (χ2v) is 16.3. The van der Waals surface area contributed by atoms with Gasteiger partial charge in [-0.25, -0.2) is 4.57 Å². The third kappa shape index (κ3) is 38.7. The zero-order valence-electron chi connectivity index (χ0n) is 35.0. The number of phosphoric ester groups is 1. The number of hydrogen-bond donors (Lipinski definition) is 4. The Morgan fingerprint density at radius 3 is 1.43 bits per heavy atom. The molecular formula is C45H85N2O6P. The smallest absolute Gasteiger partial charge is 0.387 e. The second-order valence-electron chi connectivity index (χ2n) is 14.9. The Hall–Kier alpha value is -1.54. The first-order valence-corrected chi connectivity index (χ1v) is 23.8. The van der Waals surface area contributed by atoms with Crippen molar-refractivity contribution in [2.75, 3.05) is 19.8 Å². The number of aliphatic hydroxyl groups is 1. The van der Waals surface area contributed by atoms with Crippen LogP contribution in [0.5, 0.6) is 0 Å². The molecule has 1 amide bonds. The Morgan fingerprint density at radius 1 is 0.593 bits per heavy atom. The second kappa shape index (κ2) is 41.1. The number of phosphoric acid groups is 1. The van der Waals surface area contributed by atoms with E-state index in [1.165, 1.54) is 116 Å². The Labute approximate surface area is 332 Å². The summed E-state index contributed by atoms with van der Waals surface area (Å²) in [5, 5.41) is 13.6. The summed E-state index contributed by atoms with van der Waals surface area (Å²) in [6.45, 7) is 4.09. The predicted molar refractivity (Wildman–Crippen MR) is 231 cm³/mol. The number of unbranched alkanes of at least 4 members (excludes halogenated alkanes) is 23. The molecule has 0 rings (SSSR count). The van der Waals surface area contributed by atoms with Crippen molar-refractivity contribution in [2.24, 2.45) is 5.73 Å². The highest BCUT2D eigenvalue weighted by Gasteiger charge is 2.26. The van der Waals surface area contributed by atoms with Crippen LogP contribution < -0.4 is 11.1 Å². The van der Waals surface area contributed by atoms with E-state index in [2.05, 4.69) is 55.6 Å². The van der Waals surface area contributed by atoms with Gasteiger partial charge in [0.05, 0.1) is 25.4 Å². The zero-order valence-corrected chi connectivity index (χ0v) is 35.8. The minimum atomic E-state index is -4.35. The summed E-state index contributed by atoms with van der Waals surface area (Å²) in [5.41, 5.74) is 5.37. The molecule has 0 aliphatic carbocycles. The summed E-state index contributed by atoms with van der Waals surface area (Å²) in [5.74, 6) is -0.218. The zero-order chi connectivity index (χ0) is 39.6.